The Kier molecular flexibility index (Phi) is 7.56. The molecule has 2 atom stereocenters. The monoisotopic (exact) mass is 198 g/mol. The van der Waals surface area contributed by atoms with E-state index >= 15 is 0 Å². The Hall–Kier alpha value is 0.540. The minimum absolute atomic E-state index is 0.0174. The molecule has 0 aliphatic rings. The maximum absolute atomic E-state index is 8.57. The van der Waals surface area contributed by atoms with Crippen molar-refractivity contribution in [1.82, 2.24) is 0 Å². The van der Waals surface area contributed by atoms with Crippen LogP contribution in [-0.4, -0.2) is 22.5 Å². The lowest BCUT2D eigenvalue weighted by atomic mass is 10.1. The molecule has 0 saturated carbocycles. The molecule has 0 fully saturated rings. The highest BCUT2D eigenvalue weighted by Crippen LogP contribution is 2.18. The third-order valence-electron chi connectivity index (χ3n) is 1.63. The molecule has 11 heavy (non-hydrogen) atoms. The first-order chi connectivity index (χ1) is 5.22. The lowest BCUT2D eigenvalue weighted by molar-refractivity contribution is 0.284. The summed E-state index contributed by atoms with van der Waals surface area (Å²) in [6, 6.07) is 0. The van der Waals surface area contributed by atoms with Crippen molar-refractivity contribution >= 4 is 23.2 Å². The number of hydrogen-bond donors (Lipinski definition) is 1. The van der Waals surface area contributed by atoms with Crippen LogP contribution in [0.25, 0.3) is 0 Å². The highest BCUT2D eigenvalue weighted by Gasteiger charge is 2.14. The predicted octanol–water partition coefficient (Wildman–Crippen LogP) is 2.77. The summed E-state index contributed by atoms with van der Waals surface area (Å²) >= 11 is 11.8. The van der Waals surface area contributed by atoms with Crippen molar-refractivity contribution in [2.24, 2.45) is 0 Å². The van der Waals surface area contributed by atoms with Crippen LogP contribution in [0.1, 0.15) is 32.6 Å². The first-order valence-electron chi connectivity index (χ1n) is 4.11. The van der Waals surface area contributed by atoms with Crippen molar-refractivity contribution in [3.05, 3.63) is 0 Å². The van der Waals surface area contributed by atoms with Gasteiger partial charge in [-0.15, -0.1) is 23.2 Å². The van der Waals surface area contributed by atoms with E-state index in [1.165, 1.54) is 0 Å². The lowest BCUT2D eigenvalue weighted by Gasteiger charge is -2.13. The summed E-state index contributed by atoms with van der Waals surface area (Å²) < 4.78 is 0. The van der Waals surface area contributed by atoms with Crippen LogP contribution in [0.15, 0.2) is 0 Å². The molecule has 0 amide bonds. The van der Waals surface area contributed by atoms with E-state index in [1.54, 1.807) is 0 Å². The van der Waals surface area contributed by atoms with Crippen molar-refractivity contribution in [3.63, 3.8) is 0 Å². The lowest BCUT2D eigenvalue weighted by Crippen LogP contribution is -2.16. The smallest absolute Gasteiger partial charge is 0.0521 e. The van der Waals surface area contributed by atoms with Gasteiger partial charge >= 0.3 is 0 Å². The average molecular weight is 199 g/mol. The number of rotatable bonds is 6. The van der Waals surface area contributed by atoms with Gasteiger partial charge in [0, 0.05) is 6.61 Å². The van der Waals surface area contributed by atoms with Gasteiger partial charge in [-0.2, -0.15) is 0 Å². The molecule has 1 N–H and O–H groups in total. The summed E-state index contributed by atoms with van der Waals surface area (Å²) in [6.07, 6.45) is 3.81. The van der Waals surface area contributed by atoms with E-state index < -0.39 is 0 Å². The molecule has 0 aliphatic carbocycles. The summed E-state index contributed by atoms with van der Waals surface area (Å²) in [5, 5.41) is 8.51. The van der Waals surface area contributed by atoms with Crippen molar-refractivity contribution in [2.75, 3.05) is 6.61 Å². The van der Waals surface area contributed by atoms with Gasteiger partial charge in [-0.05, 0) is 12.8 Å². The average Bonchev–Trinajstić information content (AvgIpc) is 2.00. The second-order valence-corrected chi connectivity index (χ2v) is 3.81. The third kappa shape index (κ3) is 5.77. The Morgan fingerprint density at radius 1 is 1.18 bits per heavy atom. The zero-order valence-electron chi connectivity index (χ0n) is 6.89. The number of unbranched alkanes of at least 4 members (excludes halogenated alkanes) is 1. The highest BCUT2D eigenvalue weighted by molar-refractivity contribution is 6.29. The number of aliphatic hydroxyl groups excluding tert-OH is 1. The van der Waals surface area contributed by atoms with E-state index in [9.17, 15) is 0 Å². The topological polar surface area (TPSA) is 20.2 Å². The van der Waals surface area contributed by atoms with Gasteiger partial charge in [0.25, 0.3) is 0 Å². The maximum Gasteiger partial charge on any atom is 0.0521 e. The van der Waals surface area contributed by atoms with Crippen LogP contribution in [0.3, 0.4) is 0 Å². The molecule has 0 radical (unpaired) electrons. The summed E-state index contributed by atoms with van der Waals surface area (Å²) in [4.78, 5) is 0. The van der Waals surface area contributed by atoms with Gasteiger partial charge in [0.1, 0.15) is 0 Å². The summed E-state index contributed by atoms with van der Waals surface area (Å²) in [5.74, 6) is 0. The van der Waals surface area contributed by atoms with E-state index in [-0.39, 0.29) is 17.4 Å². The predicted molar refractivity (Wildman–Crippen MR) is 50.5 cm³/mol. The molecule has 0 aliphatic heterocycles. The standard InChI is InChI=1S/C8H16Cl2O/c1-2-3-4-7(9)8(10)5-6-11/h7-8,11H,2-6H2,1H3. The van der Waals surface area contributed by atoms with E-state index in [0.717, 1.165) is 19.3 Å². The summed E-state index contributed by atoms with van der Waals surface area (Å²) in [6.45, 7) is 2.25. The van der Waals surface area contributed by atoms with Crippen molar-refractivity contribution in [3.8, 4) is 0 Å². The second kappa shape index (κ2) is 7.20. The van der Waals surface area contributed by atoms with Crippen LogP contribution < -0.4 is 0 Å². The fraction of sp³-hybridized carbons (Fsp3) is 1.00. The van der Waals surface area contributed by atoms with Crippen LogP contribution in [0.4, 0.5) is 0 Å². The Morgan fingerprint density at radius 2 is 1.73 bits per heavy atom. The van der Waals surface area contributed by atoms with Crippen LogP contribution in [0, 0.1) is 0 Å². The highest BCUT2D eigenvalue weighted by atomic mass is 35.5. The largest absolute Gasteiger partial charge is 0.396 e. The van der Waals surface area contributed by atoms with Gasteiger partial charge in [-0.25, -0.2) is 0 Å². The molecule has 3 heteroatoms. The molecule has 0 heterocycles. The first kappa shape index (κ1) is 11.5. The van der Waals surface area contributed by atoms with Crippen molar-refractivity contribution in [1.29, 1.82) is 0 Å². The van der Waals surface area contributed by atoms with Gasteiger partial charge in [-0.1, -0.05) is 19.8 Å². The van der Waals surface area contributed by atoms with Crippen LogP contribution >= 0.6 is 23.2 Å². The molecule has 0 rings (SSSR count). The van der Waals surface area contributed by atoms with E-state index in [4.69, 9.17) is 28.3 Å². The molecule has 1 nitrogen and oxygen atoms in total. The normalized spacial score (nSPS) is 16.4. The molecular formula is C8H16Cl2O. The minimum Gasteiger partial charge on any atom is -0.396 e. The van der Waals surface area contributed by atoms with Crippen molar-refractivity contribution < 1.29 is 5.11 Å². The van der Waals surface area contributed by atoms with Gasteiger partial charge in [0.2, 0.25) is 0 Å². The van der Waals surface area contributed by atoms with Crippen LogP contribution in [0.5, 0.6) is 0 Å². The third-order valence-corrected chi connectivity index (χ3v) is 2.80. The van der Waals surface area contributed by atoms with Gasteiger partial charge in [0.05, 0.1) is 10.8 Å². The van der Waals surface area contributed by atoms with Crippen LogP contribution in [0.2, 0.25) is 0 Å². The van der Waals surface area contributed by atoms with Gasteiger partial charge in [-0.3, -0.25) is 0 Å². The van der Waals surface area contributed by atoms with E-state index in [2.05, 4.69) is 6.92 Å². The van der Waals surface area contributed by atoms with Crippen molar-refractivity contribution in [2.45, 2.75) is 43.4 Å². The summed E-state index contributed by atoms with van der Waals surface area (Å²) in [5.41, 5.74) is 0. The Bertz CT molecular complexity index is 88.2. The summed E-state index contributed by atoms with van der Waals surface area (Å²) in [7, 11) is 0. The number of alkyl halides is 2. The molecule has 0 saturated heterocycles. The van der Waals surface area contributed by atoms with E-state index in [0.29, 0.717) is 6.42 Å². The fourth-order valence-corrected chi connectivity index (χ4v) is 1.39. The van der Waals surface area contributed by atoms with E-state index in [1.807, 2.05) is 0 Å². The first-order valence-corrected chi connectivity index (χ1v) is 4.98. The van der Waals surface area contributed by atoms with Gasteiger partial charge in [0.15, 0.2) is 0 Å². The molecule has 0 aromatic carbocycles. The molecule has 0 spiro atoms. The Morgan fingerprint density at radius 3 is 2.18 bits per heavy atom. The minimum atomic E-state index is -0.0757. The van der Waals surface area contributed by atoms with Gasteiger partial charge < -0.3 is 5.11 Å². The molecule has 0 aromatic rings. The quantitative estimate of drug-likeness (QED) is 0.652. The Balaban J connectivity index is 3.38. The molecule has 2 unspecified atom stereocenters. The zero-order valence-corrected chi connectivity index (χ0v) is 8.41. The molecular weight excluding hydrogens is 183 g/mol. The molecule has 0 aromatic heterocycles. The maximum atomic E-state index is 8.57. The SMILES string of the molecule is CCCCC(Cl)C(Cl)CCO. The fourth-order valence-electron chi connectivity index (χ4n) is 0.884. The number of hydrogen-bond acceptors (Lipinski definition) is 1. The molecule has 0 bridgehead atoms. The number of aliphatic hydroxyl groups is 1. The Labute approximate surface area is 78.7 Å². The zero-order chi connectivity index (χ0) is 8.69. The second-order valence-electron chi connectivity index (χ2n) is 2.69. The number of halogens is 2. The molecule has 68 valence electrons. The van der Waals surface area contributed by atoms with Crippen LogP contribution in [-0.2, 0) is 0 Å².